The topological polar surface area (TPSA) is 457 Å². The van der Waals surface area contributed by atoms with Gasteiger partial charge in [0.15, 0.2) is 114 Å². The number of aliphatic carboxylic acids is 5. The van der Waals surface area contributed by atoms with Crippen LogP contribution in [0.2, 0.25) is 0 Å². The predicted molar refractivity (Wildman–Crippen MR) is 197 cm³/mol. The molecule has 0 spiro atoms. The number of carbonyl (C=O) groups excluding carboxylic acids is 20. The number of Topliss-reactive ketones (excluding diaryl/α,β-unsaturated/α-hetero) is 15. The number of ketones is 15. The van der Waals surface area contributed by atoms with E-state index in [2.05, 4.69) is 0 Å². The normalized spacial score (nSPS) is 10.5. The van der Waals surface area contributed by atoms with Crippen LogP contribution in [0.3, 0.4) is 0 Å². The van der Waals surface area contributed by atoms with Gasteiger partial charge in [0, 0.05) is 18.6 Å². The van der Waals surface area contributed by atoms with Crippen molar-refractivity contribution in [3.63, 3.8) is 0 Å². The second-order valence-electron chi connectivity index (χ2n) is 13.5. The van der Waals surface area contributed by atoms with Gasteiger partial charge in [0.25, 0.3) is 0 Å². The van der Waals surface area contributed by atoms with Crippen molar-refractivity contribution in [2.45, 2.75) is 104 Å². The maximum absolute atomic E-state index is 10.9. The van der Waals surface area contributed by atoms with Crippen molar-refractivity contribution in [2.75, 3.05) is 0 Å². The molecule has 66 heavy (non-hydrogen) atoms. The fourth-order valence-electron chi connectivity index (χ4n) is 5.87. The third-order valence-electron chi connectivity index (χ3n) is 9.45. The molecule has 25 nitrogen and oxygen atoms in total. The number of carboxylic acid groups (broad SMARTS) is 5. The molecule has 0 atom stereocenters. The van der Waals surface area contributed by atoms with Crippen LogP contribution in [0.4, 0.5) is 0 Å². The molecule has 0 saturated carbocycles. The molecule has 26 heteroatoms. The van der Waals surface area contributed by atoms with E-state index in [1.54, 1.807) is 0 Å². The second kappa shape index (κ2) is 27.3. The summed E-state index contributed by atoms with van der Waals surface area (Å²) in [5, 5.41) is 52.9. The van der Waals surface area contributed by atoms with Gasteiger partial charge in [0.2, 0.25) is 0 Å². The smallest absolute Gasteiger partial charge is 0.183 e. The van der Waals surface area contributed by atoms with Crippen molar-refractivity contribution < 1.29 is 140 Å². The van der Waals surface area contributed by atoms with Crippen molar-refractivity contribution in [3.05, 3.63) is 0 Å². The first-order valence-corrected chi connectivity index (χ1v) is 17.6. The van der Waals surface area contributed by atoms with Gasteiger partial charge < -0.3 is 49.5 Å². The Morgan fingerprint density at radius 1 is 0.182 bits per heavy atom. The van der Waals surface area contributed by atoms with Crippen LogP contribution in [0, 0.1) is 27.1 Å². The number of hydrogen-bond donors (Lipinski definition) is 0. The van der Waals surface area contributed by atoms with Gasteiger partial charge in [-0.2, -0.15) is 0 Å². The minimum atomic E-state index is -2.61. The van der Waals surface area contributed by atoms with Crippen LogP contribution in [-0.4, -0.2) is 117 Å². The van der Waals surface area contributed by atoms with Crippen molar-refractivity contribution in [2.24, 2.45) is 27.1 Å². The maximum atomic E-state index is 10.9. The van der Waals surface area contributed by atoms with Crippen LogP contribution in [0.1, 0.15) is 104 Å². The van der Waals surface area contributed by atoms with E-state index in [0.29, 0.717) is 0 Å². The van der Waals surface area contributed by atoms with E-state index in [9.17, 15) is 121 Å². The molecule has 0 N–H and O–H groups in total. The van der Waals surface area contributed by atoms with Gasteiger partial charge in [0.1, 0.15) is 0 Å². The molecule has 0 unspecified atom stereocenters. The first-order chi connectivity index (χ1) is 28.9. The van der Waals surface area contributed by atoms with Gasteiger partial charge in [-0.3, -0.25) is 71.9 Å². The zero-order valence-corrected chi connectivity index (χ0v) is 39.6. The van der Waals surface area contributed by atoms with E-state index < -0.39 is 144 Å². The fraction of sp³-hybridized carbons (Fsp3) is 0.500. The summed E-state index contributed by atoms with van der Waals surface area (Å²) in [6, 6.07) is 0. The molecule has 0 aliphatic heterocycles. The summed E-state index contributed by atoms with van der Waals surface area (Å²) in [6.45, 7) is 13.1. The van der Waals surface area contributed by atoms with Gasteiger partial charge in [-0.25, -0.2) is 0 Å². The van der Waals surface area contributed by atoms with Crippen molar-refractivity contribution in [1.82, 2.24) is 0 Å². The Morgan fingerprint density at radius 3 is 0.227 bits per heavy atom. The number of carboxylic acids is 5. The summed E-state index contributed by atoms with van der Waals surface area (Å²) < 4.78 is 0. The molecule has 0 aliphatic rings. The minimum absolute atomic E-state index is 0. The number of carbonyl (C=O) groups is 20. The van der Waals surface area contributed by atoms with Crippen LogP contribution >= 0.6 is 0 Å². The molecule has 0 saturated heterocycles. The average molecular weight is 977 g/mol. The zero-order valence-electron chi connectivity index (χ0n) is 38.2. The maximum Gasteiger partial charge on any atom is 0.183 e. The van der Waals surface area contributed by atoms with E-state index in [0.717, 1.165) is 104 Å². The first-order valence-electron chi connectivity index (χ1n) is 17.6. The van der Waals surface area contributed by atoms with Gasteiger partial charge in [-0.05, 0) is 104 Å². The summed E-state index contributed by atoms with van der Waals surface area (Å²) in [5.74, 6) is -25.1. The molecule has 0 heterocycles. The van der Waals surface area contributed by atoms with Crippen LogP contribution in [0.25, 0.3) is 0 Å². The third-order valence-corrected chi connectivity index (χ3v) is 9.45. The Morgan fingerprint density at radius 2 is 0.227 bits per heavy atom. The van der Waals surface area contributed by atoms with Crippen LogP contribution in [0.15, 0.2) is 0 Å². The predicted octanol–water partition coefficient (Wildman–Crippen LogP) is -7.55. The van der Waals surface area contributed by atoms with E-state index in [1.807, 2.05) is 0 Å². The summed E-state index contributed by atoms with van der Waals surface area (Å²) in [6.07, 6.45) is 0. The van der Waals surface area contributed by atoms with E-state index in [4.69, 9.17) is 0 Å². The molecular weight excluding hydrogens is 931 g/mol. The quantitative estimate of drug-likeness (QED) is 0.102. The fourth-order valence-corrected chi connectivity index (χ4v) is 5.87. The largest absolute Gasteiger partial charge is 0.548 e. The molecule has 0 fully saturated rings. The second-order valence-corrected chi connectivity index (χ2v) is 13.5. The Balaban J connectivity index is -0.000000170. The van der Waals surface area contributed by atoms with Gasteiger partial charge in [-0.1, -0.05) is 0 Å². The van der Waals surface area contributed by atoms with E-state index in [-0.39, 0.29) is 18.6 Å². The zero-order chi connectivity index (χ0) is 54.0. The van der Waals surface area contributed by atoms with Crippen LogP contribution in [0.5, 0.6) is 0 Å². The summed E-state index contributed by atoms with van der Waals surface area (Å²) in [7, 11) is 0. The first kappa shape index (κ1) is 70.6. The van der Waals surface area contributed by atoms with Crippen molar-refractivity contribution in [3.8, 4) is 0 Å². The summed E-state index contributed by atoms with van der Waals surface area (Å²) in [4.78, 5) is 217. The summed E-state index contributed by atoms with van der Waals surface area (Å²) in [5.41, 5.74) is -13.1. The molecule has 1 radical (unpaired) electrons. The molecule has 0 amide bonds. The van der Waals surface area contributed by atoms with E-state index >= 15 is 0 Å². The molecule has 0 aliphatic carbocycles. The molecule has 0 aromatic heterocycles. The molecule has 0 aromatic carbocycles. The average Bonchev–Trinajstić information content (AvgIpc) is 3.03. The molecule has 0 rings (SSSR count). The van der Waals surface area contributed by atoms with Gasteiger partial charge in [-0.15, -0.1) is 0 Å². The van der Waals surface area contributed by atoms with Crippen molar-refractivity contribution in [1.29, 1.82) is 0 Å². The van der Waals surface area contributed by atoms with Crippen molar-refractivity contribution >= 4 is 117 Å². The van der Waals surface area contributed by atoms with Gasteiger partial charge in [0.05, 0.1) is 29.8 Å². The number of hydrogen-bond acceptors (Lipinski definition) is 25. The molecule has 365 valence electrons. The summed E-state index contributed by atoms with van der Waals surface area (Å²) >= 11 is 0. The number of rotatable bonds is 20. The molecule has 0 bridgehead atoms. The molecular formula is C40H45O25V-5. The van der Waals surface area contributed by atoms with E-state index in [1.165, 1.54) is 0 Å². The van der Waals surface area contributed by atoms with Crippen LogP contribution < -0.4 is 25.5 Å². The Bertz CT molecular complexity index is 1490. The molecule has 0 aromatic rings. The van der Waals surface area contributed by atoms with Gasteiger partial charge >= 0.3 is 0 Å². The minimum Gasteiger partial charge on any atom is -0.548 e. The Labute approximate surface area is 386 Å². The Hall–Kier alpha value is -7.02. The standard InChI is InChI=1S/5C8H10O5.V/c5*1-4(9)8(5(2)10,6(3)11)7(12)13;/h5*1-3H3,(H,12,13);/p-5. The monoisotopic (exact) mass is 976 g/mol. The Kier molecular flexibility index (Phi) is 29.3. The van der Waals surface area contributed by atoms with Crippen LogP contribution in [-0.2, 0) is 114 Å². The SMILES string of the molecule is CC(=O)C(C(C)=O)(C(C)=O)C(=O)[O-].CC(=O)C(C(C)=O)(C(C)=O)C(=O)[O-].CC(=O)C(C(C)=O)(C(C)=O)C(=O)[O-].CC(=O)C(C(C)=O)(C(C)=O)C(=O)[O-].CC(=O)C(C(C)=O)(C(C)=O)C(=O)[O-].[V]. The third kappa shape index (κ3) is 14.0.